The minimum absolute atomic E-state index is 0.0360. The van der Waals surface area contributed by atoms with Crippen molar-refractivity contribution in [3.05, 3.63) is 131 Å². The molecule has 1 saturated heterocycles. The highest BCUT2D eigenvalue weighted by Crippen LogP contribution is 2.30. The number of nitrogens with one attached hydrogen (secondary N) is 2. The molecule has 1 aliphatic heterocycles. The summed E-state index contributed by atoms with van der Waals surface area (Å²) in [7, 11) is 0. The number of H-pyrrole nitrogens is 1. The second-order valence-corrected chi connectivity index (χ2v) is 10.8. The van der Waals surface area contributed by atoms with Crippen LogP contribution in [0.5, 0.6) is 0 Å². The summed E-state index contributed by atoms with van der Waals surface area (Å²) in [6.45, 7) is 1.07. The molecule has 6 rings (SSSR count). The van der Waals surface area contributed by atoms with Gasteiger partial charge in [-0.2, -0.15) is 0 Å². The van der Waals surface area contributed by atoms with Crippen molar-refractivity contribution in [2.24, 2.45) is 0 Å². The van der Waals surface area contributed by atoms with Gasteiger partial charge in [0, 0.05) is 31.5 Å². The molecule has 0 radical (unpaired) electrons. The van der Waals surface area contributed by atoms with Crippen molar-refractivity contribution >= 4 is 16.8 Å². The summed E-state index contributed by atoms with van der Waals surface area (Å²) in [5.74, 6) is -0.168. The number of fused-ring (bicyclic) bond motifs is 1. The molecule has 1 fully saturated rings. The summed E-state index contributed by atoms with van der Waals surface area (Å²) in [6.07, 6.45) is 4.01. The fraction of sp³-hybridized carbons (Fsp3) is 0.265. The summed E-state index contributed by atoms with van der Waals surface area (Å²) in [5.41, 5.74) is 4.82. The van der Waals surface area contributed by atoms with Gasteiger partial charge in [-0.1, -0.05) is 54.6 Å². The Bertz CT molecular complexity index is 1610. The molecule has 0 saturated carbocycles. The van der Waals surface area contributed by atoms with Crippen molar-refractivity contribution in [2.45, 2.75) is 43.7 Å². The molecule has 3 atom stereocenters. The molecule has 42 heavy (non-hydrogen) atoms. The van der Waals surface area contributed by atoms with Crippen molar-refractivity contribution in [1.29, 1.82) is 0 Å². The maximum Gasteiger partial charge on any atom is 0.144 e. The molecule has 3 aromatic carbocycles. The monoisotopic (exact) mass is 566 g/mol. The lowest BCUT2D eigenvalue weighted by Gasteiger charge is -2.29. The van der Waals surface area contributed by atoms with Crippen molar-refractivity contribution in [2.75, 3.05) is 13.2 Å². The van der Waals surface area contributed by atoms with E-state index in [0.29, 0.717) is 37.1 Å². The topological polar surface area (TPSA) is 79.9 Å². The van der Waals surface area contributed by atoms with Crippen molar-refractivity contribution in [1.82, 2.24) is 20.3 Å². The lowest BCUT2D eigenvalue weighted by Crippen LogP contribution is -2.41. The Morgan fingerprint density at radius 3 is 2.48 bits per heavy atom. The van der Waals surface area contributed by atoms with E-state index in [0.717, 1.165) is 28.0 Å². The average Bonchev–Trinajstić information content (AvgIpc) is 3.45. The van der Waals surface area contributed by atoms with Crippen molar-refractivity contribution in [3.63, 3.8) is 0 Å². The van der Waals surface area contributed by atoms with E-state index in [1.165, 1.54) is 18.3 Å². The lowest BCUT2D eigenvalue weighted by atomic mass is 9.85. The number of imidazole rings is 1. The number of para-hydroxylation sites is 2. The second-order valence-electron chi connectivity index (χ2n) is 10.8. The van der Waals surface area contributed by atoms with Gasteiger partial charge >= 0.3 is 0 Å². The van der Waals surface area contributed by atoms with Crippen LogP contribution in [0.4, 0.5) is 8.78 Å². The van der Waals surface area contributed by atoms with Crippen LogP contribution in [0.2, 0.25) is 0 Å². The second kappa shape index (κ2) is 12.7. The summed E-state index contributed by atoms with van der Waals surface area (Å²) < 4.78 is 34.7. The standard InChI is InChI=1S/C34H32F2N4O2/c35-25-12-10-23(11-13-25)29(22-6-2-1-3-7-22)17-26(41)16-24-18-37-20-30(36)28(24)15-14-27-19-38-33(21-42-27)34-39-31-8-4-5-9-32(31)40-34/h1-13,18,20,27,29,33,38H,14-17,19,21H2,(H,39,40)/t27-,29-,33+/m1/s1. The Morgan fingerprint density at radius 2 is 1.71 bits per heavy atom. The maximum absolute atomic E-state index is 15.0. The number of carbonyl (C=O) groups is 1. The first-order chi connectivity index (χ1) is 20.5. The summed E-state index contributed by atoms with van der Waals surface area (Å²) in [5, 5.41) is 3.50. The minimum atomic E-state index is -0.414. The van der Waals surface area contributed by atoms with E-state index in [9.17, 15) is 13.6 Å². The Balaban J connectivity index is 1.09. The predicted octanol–water partition coefficient (Wildman–Crippen LogP) is 6.23. The van der Waals surface area contributed by atoms with Gasteiger partial charge in [-0.3, -0.25) is 9.78 Å². The van der Waals surface area contributed by atoms with E-state index in [1.807, 2.05) is 54.6 Å². The van der Waals surface area contributed by atoms with Gasteiger partial charge in [-0.15, -0.1) is 0 Å². The highest BCUT2D eigenvalue weighted by atomic mass is 19.1. The number of rotatable bonds is 10. The lowest BCUT2D eigenvalue weighted by molar-refractivity contribution is -0.118. The Labute approximate surface area is 243 Å². The fourth-order valence-electron chi connectivity index (χ4n) is 5.68. The average molecular weight is 567 g/mol. The molecule has 2 aromatic heterocycles. The number of ketones is 1. The summed E-state index contributed by atoms with van der Waals surface area (Å²) in [4.78, 5) is 25.4. The predicted molar refractivity (Wildman–Crippen MR) is 157 cm³/mol. The zero-order valence-electron chi connectivity index (χ0n) is 23.1. The number of Topliss-reactive ketones (excluding diaryl/α,β-unsaturated/α-hetero) is 1. The number of pyridine rings is 1. The van der Waals surface area contributed by atoms with Crippen LogP contribution in [0.3, 0.4) is 0 Å². The Hall–Kier alpha value is -4.27. The minimum Gasteiger partial charge on any atom is -0.375 e. The quantitative estimate of drug-likeness (QED) is 0.210. The van der Waals surface area contributed by atoms with E-state index in [4.69, 9.17) is 4.74 Å². The third-order valence-electron chi connectivity index (χ3n) is 7.93. The highest BCUT2D eigenvalue weighted by molar-refractivity contribution is 5.82. The Morgan fingerprint density at radius 1 is 0.952 bits per heavy atom. The number of benzene rings is 3. The number of aromatic nitrogens is 3. The van der Waals surface area contributed by atoms with E-state index >= 15 is 0 Å². The first-order valence-corrected chi connectivity index (χ1v) is 14.3. The largest absolute Gasteiger partial charge is 0.375 e. The zero-order valence-corrected chi connectivity index (χ0v) is 23.1. The van der Waals surface area contributed by atoms with Crippen molar-refractivity contribution in [3.8, 4) is 0 Å². The van der Waals surface area contributed by atoms with Gasteiger partial charge in [0.2, 0.25) is 0 Å². The van der Waals surface area contributed by atoms with Crippen LogP contribution >= 0.6 is 0 Å². The van der Waals surface area contributed by atoms with E-state index in [2.05, 4.69) is 20.3 Å². The molecule has 3 heterocycles. The van der Waals surface area contributed by atoms with E-state index in [-0.39, 0.29) is 42.5 Å². The van der Waals surface area contributed by atoms with Crippen LogP contribution in [-0.4, -0.2) is 40.0 Å². The number of hydrogen-bond donors (Lipinski definition) is 2. The van der Waals surface area contributed by atoms with Crippen LogP contribution in [0, 0.1) is 11.6 Å². The van der Waals surface area contributed by atoms with Crippen LogP contribution < -0.4 is 5.32 Å². The summed E-state index contributed by atoms with van der Waals surface area (Å²) >= 11 is 0. The molecule has 0 aliphatic carbocycles. The third-order valence-corrected chi connectivity index (χ3v) is 7.93. The smallest absolute Gasteiger partial charge is 0.144 e. The summed E-state index contributed by atoms with van der Waals surface area (Å²) in [6, 6.07) is 23.8. The molecule has 8 heteroatoms. The zero-order chi connectivity index (χ0) is 28.9. The van der Waals surface area contributed by atoms with Gasteiger partial charge in [-0.05, 0) is 59.4 Å². The van der Waals surface area contributed by atoms with Gasteiger partial charge < -0.3 is 15.0 Å². The van der Waals surface area contributed by atoms with E-state index in [1.54, 1.807) is 18.3 Å². The molecule has 0 amide bonds. The maximum atomic E-state index is 15.0. The fourth-order valence-corrected chi connectivity index (χ4v) is 5.68. The first-order valence-electron chi connectivity index (χ1n) is 14.3. The molecule has 1 aliphatic rings. The number of ether oxygens (including phenoxy) is 1. The SMILES string of the molecule is O=C(Cc1cncc(F)c1CC[C@@H]1CN[C@H](c2nc3ccccc3[nH]2)CO1)C[C@H](c1ccccc1)c1ccc(F)cc1. The Kier molecular flexibility index (Phi) is 8.44. The molecule has 0 spiro atoms. The first kappa shape index (κ1) is 27.9. The van der Waals surface area contributed by atoms with Gasteiger partial charge in [0.15, 0.2) is 0 Å². The number of aromatic amines is 1. The van der Waals surface area contributed by atoms with Crippen LogP contribution in [-0.2, 0) is 22.4 Å². The number of nitrogens with zero attached hydrogens (tertiary/aromatic N) is 2. The highest BCUT2D eigenvalue weighted by Gasteiger charge is 2.26. The van der Waals surface area contributed by atoms with Crippen LogP contribution in [0.15, 0.2) is 91.3 Å². The number of carbonyl (C=O) groups excluding carboxylic acids is 1. The van der Waals surface area contributed by atoms with Crippen LogP contribution in [0.1, 0.15) is 52.9 Å². The third kappa shape index (κ3) is 6.45. The number of morpholine rings is 1. The molecule has 0 unspecified atom stereocenters. The molecular weight excluding hydrogens is 534 g/mol. The van der Waals surface area contributed by atoms with Crippen molar-refractivity contribution < 1.29 is 18.3 Å². The van der Waals surface area contributed by atoms with Gasteiger partial charge in [0.05, 0.1) is 36.0 Å². The normalized spacial score (nSPS) is 17.8. The number of hydrogen-bond acceptors (Lipinski definition) is 5. The molecular formula is C34H32F2N4O2. The van der Waals surface area contributed by atoms with Gasteiger partial charge in [-0.25, -0.2) is 13.8 Å². The van der Waals surface area contributed by atoms with E-state index < -0.39 is 5.82 Å². The van der Waals surface area contributed by atoms with Crippen LogP contribution in [0.25, 0.3) is 11.0 Å². The molecule has 6 nitrogen and oxygen atoms in total. The molecule has 214 valence electrons. The van der Waals surface area contributed by atoms with Gasteiger partial charge in [0.25, 0.3) is 0 Å². The number of halogens is 2. The molecule has 2 N–H and O–H groups in total. The molecule has 0 bridgehead atoms. The van der Waals surface area contributed by atoms with Gasteiger partial charge in [0.1, 0.15) is 23.2 Å². The molecule has 5 aromatic rings.